The van der Waals surface area contributed by atoms with Gasteiger partial charge in [0.2, 0.25) is 11.8 Å². The molecule has 1 aliphatic carbocycles. The Balaban J connectivity index is 0.00000300. The van der Waals surface area contributed by atoms with Gasteiger partial charge in [-0.2, -0.15) is 0 Å². The van der Waals surface area contributed by atoms with Crippen LogP contribution in [0.15, 0.2) is 54.6 Å². The predicted molar refractivity (Wildman–Crippen MR) is 120 cm³/mol. The average molecular weight is 416 g/mol. The maximum atomic E-state index is 12.6. The van der Waals surface area contributed by atoms with Gasteiger partial charge in [0, 0.05) is 23.3 Å². The van der Waals surface area contributed by atoms with E-state index < -0.39 is 0 Å². The number of hydrogen-bond donors (Lipinski definition) is 3. The second-order valence-corrected chi connectivity index (χ2v) is 7.62. The number of halogens is 1. The molecule has 1 saturated carbocycles. The molecule has 1 fully saturated rings. The van der Waals surface area contributed by atoms with Crippen molar-refractivity contribution in [1.82, 2.24) is 0 Å². The van der Waals surface area contributed by atoms with E-state index in [-0.39, 0.29) is 42.1 Å². The summed E-state index contributed by atoms with van der Waals surface area (Å²) in [6.45, 7) is 1.82. The smallest absolute Gasteiger partial charge is 0.229 e. The van der Waals surface area contributed by atoms with Crippen LogP contribution < -0.4 is 16.4 Å². The minimum Gasteiger partial charge on any atom is -0.326 e. The van der Waals surface area contributed by atoms with Crippen LogP contribution in [0.5, 0.6) is 0 Å². The van der Waals surface area contributed by atoms with Crippen LogP contribution >= 0.6 is 12.4 Å². The van der Waals surface area contributed by atoms with Crippen molar-refractivity contribution in [3.63, 3.8) is 0 Å². The second kappa shape index (κ2) is 11.0. The molecular formula is C23H30ClN3O2. The summed E-state index contributed by atoms with van der Waals surface area (Å²) in [5.41, 5.74) is 8.54. The van der Waals surface area contributed by atoms with Gasteiger partial charge in [-0.1, -0.05) is 62.6 Å². The molecule has 0 radical (unpaired) electrons. The third kappa shape index (κ3) is 6.31. The Hall–Kier alpha value is -2.37. The molecule has 2 atom stereocenters. The van der Waals surface area contributed by atoms with Gasteiger partial charge in [-0.05, 0) is 36.6 Å². The largest absolute Gasteiger partial charge is 0.326 e. The maximum absolute atomic E-state index is 12.6. The Morgan fingerprint density at radius 2 is 1.55 bits per heavy atom. The van der Waals surface area contributed by atoms with Gasteiger partial charge in [-0.25, -0.2) is 0 Å². The Morgan fingerprint density at radius 3 is 2.21 bits per heavy atom. The summed E-state index contributed by atoms with van der Waals surface area (Å²) in [5.74, 6) is -0.367. The molecule has 29 heavy (non-hydrogen) atoms. The third-order valence-corrected chi connectivity index (χ3v) is 5.51. The van der Waals surface area contributed by atoms with E-state index in [2.05, 4.69) is 10.6 Å². The first-order chi connectivity index (χ1) is 13.5. The number of nitrogens with one attached hydrogen (secondary N) is 2. The van der Waals surface area contributed by atoms with Crippen LogP contribution in [0.2, 0.25) is 0 Å². The molecule has 5 nitrogen and oxygen atoms in total. The van der Waals surface area contributed by atoms with Gasteiger partial charge in [0.15, 0.2) is 0 Å². The minimum absolute atomic E-state index is 0. The molecule has 4 N–H and O–H groups in total. The van der Waals surface area contributed by atoms with Crippen molar-refractivity contribution >= 4 is 35.6 Å². The third-order valence-electron chi connectivity index (χ3n) is 5.51. The highest BCUT2D eigenvalue weighted by Crippen LogP contribution is 2.26. The lowest BCUT2D eigenvalue weighted by molar-refractivity contribution is -0.121. The van der Waals surface area contributed by atoms with E-state index in [9.17, 15) is 9.59 Å². The molecule has 0 saturated heterocycles. The van der Waals surface area contributed by atoms with Crippen LogP contribution in [-0.4, -0.2) is 11.8 Å². The lowest BCUT2D eigenvalue weighted by Crippen LogP contribution is -2.30. The van der Waals surface area contributed by atoms with Gasteiger partial charge in [0.05, 0.1) is 5.92 Å². The summed E-state index contributed by atoms with van der Waals surface area (Å²) in [6.07, 6.45) is 5.37. The zero-order valence-corrected chi connectivity index (χ0v) is 17.6. The molecule has 0 aliphatic heterocycles. The van der Waals surface area contributed by atoms with Gasteiger partial charge in [-0.15, -0.1) is 12.4 Å². The first-order valence-electron chi connectivity index (χ1n) is 10.1. The topological polar surface area (TPSA) is 84.2 Å². The molecule has 0 spiro atoms. The van der Waals surface area contributed by atoms with Crippen LogP contribution in [0.1, 0.15) is 50.6 Å². The van der Waals surface area contributed by atoms with Gasteiger partial charge < -0.3 is 16.4 Å². The Morgan fingerprint density at radius 1 is 0.931 bits per heavy atom. The van der Waals surface area contributed by atoms with E-state index >= 15 is 0 Å². The summed E-state index contributed by atoms with van der Waals surface area (Å²) in [6, 6.07) is 16.5. The van der Waals surface area contributed by atoms with Crippen molar-refractivity contribution in [3.05, 3.63) is 60.2 Å². The summed E-state index contributed by atoms with van der Waals surface area (Å²) in [5, 5.41) is 5.90. The number of benzene rings is 2. The maximum Gasteiger partial charge on any atom is 0.229 e. The number of amides is 2. The monoisotopic (exact) mass is 415 g/mol. The van der Waals surface area contributed by atoms with Crippen LogP contribution in [0.3, 0.4) is 0 Å². The minimum atomic E-state index is -0.386. The quantitative estimate of drug-likeness (QED) is 0.627. The van der Waals surface area contributed by atoms with Crippen LogP contribution in [0.4, 0.5) is 11.4 Å². The molecule has 2 amide bonds. The molecule has 6 heteroatoms. The Bertz CT molecular complexity index is 807. The van der Waals surface area contributed by atoms with E-state index in [1.54, 1.807) is 6.07 Å². The average Bonchev–Trinajstić information content (AvgIpc) is 2.74. The van der Waals surface area contributed by atoms with Crippen molar-refractivity contribution in [1.29, 1.82) is 0 Å². The lowest BCUT2D eigenvalue weighted by Gasteiger charge is -2.21. The summed E-state index contributed by atoms with van der Waals surface area (Å²) < 4.78 is 0. The number of hydrogen-bond acceptors (Lipinski definition) is 3. The zero-order chi connectivity index (χ0) is 19.9. The fourth-order valence-corrected chi connectivity index (χ4v) is 3.67. The van der Waals surface area contributed by atoms with E-state index in [0.29, 0.717) is 11.4 Å². The van der Waals surface area contributed by atoms with Crippen LogP contribution in [0, 0.1) is 11.8 Å². The SMILES string of the molecule is CC(C(=O)Nc1cccc(NC(=O)C2CCCCC2)c1)C(N)c1ccccc1.Cl. The fourth-order valence-electron chi connectivity index (χ4n) is 3.67. The van der Waals surface area contributed by atoms with Gasteiger partial charge >= 0.3 is 0 Å². The highest BCUT2D eigenvalue weighted by molar-refractivity contribution is 5.95. The van der Waals surface area contributed by atoms with E-state index in [4.69, 9.17) is 5.73 Å². The highest BCUT2D eigenvalue weighted by atomic mass is 35.5. The number of nitrogens with two attached hydrogens (primary N) is 1. The van der Waals surface area contributed by atoms with Crippen molar-refractivity contribution in [2.24, 2.45) is 17.6 Å². The Kier molecular flexibility index (Phi) is 8.68. The molecule has 2 unspecified atom stereocenters. The van der Waals surface area contributed by atoms with Gasteiger partial charge in [0.25, 0.3) is 0 Å². The number of carbonyl (C=O) groups excluding carboxylic acids is 2. The van der Waals surface area contributed by atoms with Crippen molar-refractivity contribution in [2.45, 2.75) is 45.1 Å². The summed E-state index contributed by atoms with van der Waals surface area (Å²) in [7, 11) is 0. The standard InChI is InChI=1S/C23H29N3O2.ClH/c1-16(21(24)17-9-4-2-5-10-17)22(27)25-19-13-8-14-20(15-19)26-23(28)18-11-6-3-7-12-18;/h2,4-5,8-10,13-16,18,21H,3,6-7,11-12,24H2,1H3,(H,25,27)(H,26,28);1H. The van der Waals surface area contributed by atoms with Crippen LogP contribution in [0.25, 0.3) is 0 Å². The van der Waals surface area contributed by atoms with Crippen molar-refractivity contribution in [2.75, 3.05) is 10.6 Å². The molecule has 2 aromatic rings. The first-order valence-corrected chi connectivity index (χ1v) is 10.1. The molecule has 2 aromatic carbocycles. The van der Waals surface area contributed by atoms with E-state index in [1.807, 2.05) is 55.5 Å². The summed E-state index contributed by atoms with van der Waals surface area (Å²) in [4.78, 5) is 25.1. The number of rotatable bonds is 6. The molecular weight excluding hydrogens is 386 g/mol. The Labute approximate surface area is 178 Å². The molecule has 1 aliphatic rings. The van der Waals surface area contributed by atoms with E-state index in [1.165, 1.54) is 6.42 Å². The molecule has 0 aromatic heterocycles. The van der Waals surface area contributed by atoms with Crippen molar-refractivity contribution < 1.29 is 9.59 Å². The predicted octanol–water partition coefficient (Wildman–Crippen LogP) is 4.90. The normalized spacial score (nSPS) is 16.2. The zero-order valence-electron chi connectivity index (χ0n) is 16.8. The van der Waals surface area contributed by atoms with Crippen molar-refractivity contribution in [3.8, 4) is 0 Å². The fraction of sp³-hybridized carbons (Fsp3) is 0.391. The molecule has 3 rings (SSSR count). The molecule has 156 valence electrons. The molecule has 0 bridgehead atoms. The number of anilines is 2. The van der Waals surface area contributed by atoms with Crippen LogP contribution in [-0.2, 0) is 9.59 Å². The first kappa shape index (κ1) is 22.9. The number of carbonyl (C=O) groups is 2. The van der Waals surface area contributed by atoms with Gasteiger partial charge in [-0.3, -0.25) is 9.59 Å². The van der Waals surface area contributed by atoms with Gasteiger partial charge in [0.1, 0.15) is 0 Å². The molecule has 0 heterocycles. The highest BCUT2D eigenvalue weighted by Gasteiger charge is 2.23. The summed E-state index contributed by atoms with van der Waals surface area (Å²) >= 11 is 0. The van der Waals surface area contributed by atoms with E-state index in [0.717, 1.165) is 31.2 Å². The lowest BCUT2D eigenvalue weighted by atomic mass is 9.88. The second-order valence-electron chi connectivity index (χ2n) is 7.62.